The second-order valence-electron chi connectivity index (χ2n) is 14.5. The van der Waals surface area contributed by atoms with Crippen molar-refractivity contribution in [3.8, 4) is 0 Å². The Kier molecular flexibility index (Phi) is 24.3. The van der Waals surface area contributed by atoms with Crippen LogP contribution in [0.15, 0.2) is 70.8 Å². The lowest BCUT2D eigenvalue weighted by molar-refractivity contribution is 0.122. The van der Waals surface area contributed by atoms with Crippen LogP contribution in [0.4, 0.5) is 35.7 Å². The minimum absolute atomic E-state index is 0.137. The maximum atomic E-state index is 11.7. The first-order valence-electron chi connectivity index (χ1n) is 22.2. The number of hydrogen-bond acceptors (Lipinski definition) is 18. The van der Waals surface area contributed by atoms with Crippen LogP contribution < -0.4 is 41.3 Å². The second kappa shape index (κ2) is 29.2. The number of morpholine rings is 2. The molecule has 3 aliphatic rings. The molecule has 64 heavy (non-hydrogen) atoms. The Hall–Kier alpha value is -5.25. The molecule has 3 aliphatic heterocycles. The van der Waals surface area contributed by atoms with E-state index >= 15 is 0 Å². The molecule has 354 valence electrons. The molecule has 0 saturated carbocycles. The van der Waals surface area contributed by atoms with Gasteiger partial charge in [0.2, 0.25) is 35.7 Å². The fraction of sp³-hybridized carbons (Fsp3) is 0.545. The van der Waals surface area contributed by atoms with Crippen LogP contribution in [-0.2, 0) is 19.6 Å². The average Bonchev–Trinajstić information content (AvgIpc) is 3.32. The van der Waals surface area contributed by atoms with Gasteiger partial charge in [0.15, 0.2) is 0 Å². The largest absolute Gasteiger partial charge is 0.378 e. The molecule has 0 spiro atoms. The molecule has 19 nitrogen and oxygen atoms in total. The number of hydrogen-bond donors (Lipinski definition) is 5. The molecule has 0 atom stereocenters. The molecule has 2 aromatic heterocycles. The van der Waals surface area contributed by atoms with E-state index in [0.717, 1.165) is 69.9 Å². The van der Waals surface area contributed by atoms with E-state index in [1.165, 1.54) is 12.5 Å². The van der Waals surface area contributed by atoms with Crippen LogP contribution in [0.2, 0.25) is 0 Å². The molecule has 0 unspecified atom stereocenters. The molecular weight excluding hydrogens is 837 g/mol. The van der Waals surface area contributed by atoms with Crippen molar-refractivity contribution in [3.63, 3.8) is 0 Å². The number of nitrogens with two attached hydrogens (primary N) is 1. The molecule has 3 aromatic rings. The molecule has 6 N–H and O–H groups in total. The molecule has 6 rings (SSSR count). The number of nitrogens with one attached hydrogen (secondary N) is 3. The molecular formula is C44H72N14O5S. The van der Waals surface area contributed by atoms with Gasteiger partial charge in [-0.25, -0.2) is 0 Å². The lowest BCUT2D eigenvalue weighted by Crippen LogP contribution is -2.44. The third-order valence-corrected chi connectivity index (χ3v) is 10.4. The zero-order valence-electron chi connectivity index (χ0n) is 39.1. The number of piperazine rings is 1. The highest BCUT2D eigenvalue weighted by molar-refractivity contribution is 7.85. The minimum Gasteiger partial charge on any atom is -0.378 e. The summed E-state index contributed by atoms with van der Waals surface area (Å²) in [5, 5.41) is 9.65. The Labute approximate surface area is 381 Å². The minimum atomic E-state index is -4.33. The number of rotatable bonds is 15. The molecule has 3 saturated heterocycles. The highest BCUT2D eigenvalue weighted by Gasteiger charge is 2.20. The smallest absolute Gasteiger partial charge is 0.295 e. The van der Waals surface area contributed by atoms with Gasteiger partial charge in [0.25, 0.3) is 10.1 Å². The topological polar surface area (TPSA) is 225 Å². The van der Waals surface area contributed by atoms with Crippen LogP contribution >= 0.6 is 0 Å². The standard InChI is InChI=1S/C26H34N6O4S.C11H19N7O.C5H13N.C2H6/c1-5-6-9-21(12-13-22-10-7-8-11-23(22)37(33,34)35)20(2)14-15-27-24-28-25(31(3)4)30-26(29-24)32-16-18-36-19-17-32;12-9-14-10(17-3-1-13-2-4-17)16-11(15-9)18-5-7-19-8-6-18;1-3-5-6-4-2;1-2/h6-15H,5,16-19H2,1-4H3,(H,33,34,35)(H,27,28,29,30);13H,1-8H2,(H2,12,14,15,16);6H,3-5H2,1-2H3;1-2H3/b9-6-,13-12+,15-14+,21-20+;;;. The van der Waals surface area contributed by atoms with Gasteiger partial charge in [-0.15, -0.1) is 0 Å². The molecule has 20 heteroatoms. The zero-order valence-corrected chi connectivity index (χ0v) is 39.9. The van der Waals surface area contributed by atoms with Crippen LogP contribution in [0.3, 0.4) is 0 Å². The lowest BCUT2D eigenvalue weighted by atomic mass is 10.1. The van der Waals surface area contributed by atoms with E-state index in [0.29, 0.717) is 74.8 Å². The summed E-state index contributed by atoms with van der Waals surface area (Å²) < 4.78 is 43.7. The number of benzene rings is 1. The third-order valence-electron chi connectivity index (χ3n) is 9.48. The van der Waals surface area contributed by atoms with E-state index in [-0.39, 0.29) is 10.8 Å². The lowest BCUT2D eigenvalue weighted by Gasteiger charge is -2.30. The summed E-state index contributed by atoms with van der Waals surface area (Å²) in [5.41, 5.74) is 8.02. The van der Waals surface area contributed by atoms with Gasteiger partial charge in [0, 0.05) is 72.7 Å². The van der Waals surface area contributed by atoms with Gasteiger partial charge in [0.1, 0.15) is 4.90 Å². The monoisotopic (exact) mass is 909 g/mol. The summed E-state index contributed by atoms with van der Waals surface area (Å²) in [7, 11) is -0.570. The van der Waals surface area contributed by atoms with Crippen LogP contribution in [0.5, 0.6) is 0 Å². The zero-order chi connectivity index (χ0) is 46.7. The molecule has 5 heterocycles. The Bertz CT molecular complexity index is 2010. The summed E-state index contributed by atoms with van der Waals surface area (Å²) in [5.74, 6) is 3.18. The number of anilines is 6. The number of allylic oxidation sites excluding steroid dienone is 6. The highest BCUT2D eigenvalue weighted by atomic mass is 32.2. The predicted octanol–water partition coefficient (Wildman–Crippen LogP) is 4.67. The van der Waals surface area contributed by atoms with E-state index in [4.69, 9.17) is 15.2 Å². The first kappa shape index (κ1) is 53.1. The summed E-state index contributed by atoms with van der Waals surface area (Å²) in [6, 6.07) is 6.31. The molecule has 1 aromatic carbocycles. The van der Waals surface area contributed by atoms with Gasteiger partial charge in [-0.05, 0) is 61.7 Å². The van der Waals surface area contributed by atoms with E-state index in [1.807, 2.05) is 71.0 Å². The molecule has 3 fully saturated rings. The van der Waals surface area contributed by atoms with Crippen molar-refractivity contribution in [2.24, 2.45) is 0 Å². The number of nitrogen functional groups attached to an aromatic ring is 1. The van der Waals surface area contributed by atoms with E-state index < -0.39 is 10.1 Å². The van der Waals surface area contributed by atoms with Crippen molar-refractivity contribution in [1.29, 1.82) is 0 Å². The summed E-state index contributed by atoms with van der Waals surface area (Å²) in [4.78, 5) is 34.6. The summed E-state index contributed by atoms with van der Waals surface area (Å²) in [6.07, 6.45) is 13.2. The molecule has 0 amide bonds. The SMILES string of the molecule is CC.CCCNCC.CC\C=C/C(/C=C/c1ccccc1S(=O)(=O)O)=C(C)\C=C\Nc1nc(N(C)C)nc(N2CCOCC2)n1.Nc1nc(N2CCNCC2)nc(N2CCOCC2)n1. The van der Waals surface area contributed by atoms with Crippen molar-refractivity contribution in [2.45, 2.75) is 59.3 Å². The van der Waals surface area contributed by atoms with Gasteiger partial charge in [0.05, 0.1) is 26.4 Å². The van der Waals surface area contributed by atoms with Gasteiger partial charge in [-0.1, -0.05) is 77.1 Å². The quantitative estimate of drug-likeness (QED) is 0.0793. The first-order chi connectivity index (χ1) is 30.9. The van der Waals surface area contributed by atoms with Gasteiger partial charge in [-0.2, -0.15) is 38.3 Å². The highest BCUT2D eigenvalue weighted by Crippen LogP contribution is 2.21. The Morgan fingerprint density at radius 1 is 0.828 bits per heavy atom. The normalized spacial score (nSPS) is 16.0. The maximum absolute atomic E-state index is 11.7. The van der Waals surface area contributed by atoms with Crippen molar-refractivity contribution in [2.75, 3.05) is 137 Å². The second-order valence-corrected chi connectivity index (χ2v) is 15.9. The van der Waals surface area contributed by atoms with Crippen LogP contribution in [0, 0.1) is 0 Å². The van der Waals surface area contributed by atoms with E-state index in [2.05, 4.69) is 74.4 Å². The van der Waals surface area contributed by atoms with Crippen LogP contribution in [-0.4, -0.2) is 149 Å². The van der Waals surface area contributed by atoms with Crippen molar-refractivity contribution >= 4 is 51.9 Å². The third kappa shape index (κ3) is 18.5. The Morgan fingerprint density at radius 3 is 1.94 bits per heavy atom. The van der Waals surface area contributed by atoms with Crippen LogP contribution in [0.25, 0.3) is 6.08 Å². The van der Waals surface area contributed by atoms with E-state index in [9.17, 15) is 13.0 Å². The molecule has 0 radical (unpaired) electrons. The maximum Gasteiger partial charge on any atom is 0.295 e. The van der Waals surface area contributed by atoms with Gasteiger partial charge < -0.3 is 50.8 Å². The van der Waals surface area contributed by atoms with Crippen molar-refractivity contribution in [3.05, 3.63) is 71.5 Å². The Balaban J connectivity index is 0.000000332. The van der Waals surface area contributed by atoms with Crippen molar-refractivity contribution in [1.82, 2.24) is 40.5 Å². The summed E-state index contributed by atoms with van der Waals surface area (Å²) >= 11 is 0. The van der Waals surface area contributed by atoms with Gasteiger partial charge >= 0.3 is 0 Å². The van der Waals surface area contributed by atoms with Crippen molar-refractivity contribution < 1.29 is 22.4 Å². The molecule has 0 aliphatic carbocycles. The van der Waals surface area contributed by atoms with Gasteiger partial charge in [-0.3, -0.25) is 4.55 Å². The predicted molar refractivity (Wildman–Crippen MR) is 260 cm³/mol. The van der Waals surface area contributed by atoms with Crippen LogP contribution in [0.1, 0.15) is 59.9 Å². The summed E-state index contributed by atoms with van der Waals surface area (Å²) in [6.45, 7) is 23.9. The average molecular weight is 909 g/mol. The van der Waals surface area contributed by atoms with E-state index in [1.54, 1.807) is 30.5 Å². The first-order valence-corrected chi connectivity index (χ1v) is 23.7. The fourth-order valence-electron chi connectivity index (χ4n) is 6.09. The number of ether oxygens (including phenoxy) is 2. The Morgan fingerprint density at radius 2 is 1.41 bits per heavy atom. The number of nitrogens with zero attached hydrogens (tertiary/aromatic N) is 10. The number of aromatic nitrogens is 6. The molecule has 0 bridgehead atoms. The fourth-order valence-corrected chi connectivity index (χ4v) is 6.78.